The van der Waals surface area contributed by atoms with Gasteiger partial charge in [0.25, 0.3) is 0 Å². The van der Waals surface area contributed by atoms with E-state index < -0.39 is 0 Å². The van der Waals surface area contributed by atoms with E-state index in [0.29, 0.717) is 0 Å². The Kier molecular flexibility index (Phi) is 4.75. The minimum absolute atomic E-state index is 0.855. The second kappa shape index (κ2) is 6.38. The van der Waals surface area contributed by atoms with Gasteiger partial charge in [-0.3, -0.25) is 0 Å². The molecular formula is C19H35N. The van der Waals surface area contributed by atoms with Gasteiger partial charge in [0.15, 0.2) is 0 Å². The van der Waals surface area contributed by atoms with E-state index in [9.17, 15) is 0 Å². The van der Waals surface area contributed by atoms with E-state index in [2.05, 4.69) is 26.1 Å². The van der Waals surface area contributed by atoms with Crippen LogP contribution in [0.15, 0.2) is 0 Å². The Morgan fingerprint density at radius 3 is 2.10 bits per heavy atom. The van der Waals surface area contributed by atoms with E-state index in [4.69, 9.17) is 0 Å². The molecule has 20 heavy (non-hydrogen) atoms. The molecule has 1 nitrogen and oxygen atoms in total. The fraction of sp³-hybridized carbons (Fsp3) is 1.00. The monoisotopic (exact) mass is 277 g/mol. The van der Waals surface area contributed by atoms with Gasteiger partial charge in [0.2, 0.25) is 0 Å². The first-order valence-corrected chi connectivity index (χ1v) is 9.44. The van der Waals surface area contributed by atoms with Gasteiger partial charge in [-0.25, -0.2) is 0 Å². The summed E-state index contributed by atoms with van der Waals surface area (Å²) in [5.74, 6) is 6.13. The van der Waals surface area contributed by atoms with Crippen molar-refractivity contribution in [2.24, 2.45) is 35.5 Å². The van der Waals surface area contributed by atoms with Crippen LogP contribution in [0.5, 0.6) is 0 Å². The molecule has 5 atom stereocenters. The molecule has 3 rings (SSSR count). The molecular weight excluding hydrogens is 242 g/mol. The second-order valence-electron chi connectivity index (χ2n) is 8.35. The van der Waals surface area contributed by atoms with Gasteiger partial charge in [-0.15, -0.1) is 0 Å². The first kappa shape index (κ1) is 14.9. The van der Waals surface area contributed by atoms with Crippen molar-refractivity contribution in [1.82, 2.24) is 5.32 Å². The van der Waals surface area contributed by atoms with Gasteiger partial charge < -0.3 is 5.32 Å². The fourth-order valence-corrected chi connectivity index (χ4v) is 5.81. The molecule has 0 saturated heterocycles. The molecule has 0 aromatic rings. The van der Waals surface area contributed by atoms with Crippen molar-refractivity contribution in [3.05, 3.63) is 0 Å². The molecule has 0 aliphatic heterocycles. The zero-order chi connectivity index (χ0) is 14.1. The summed E-state index contributed by atoms with van der Waals surface area (Å²) in [6, 6.07) is 0.855. The second-order valence-corrected chi connectivity index (χ2v) is 8.35. The van der Waals surface area contributed by atoms with Crippen molar-refractivity contribution >= 4 is 0 Å². The number of rotatable bonds is 5. The molecule has 3 aliphatic carbocycles. The zero-order valence-corrected chi connectivity index (χ0v) is 13.9. The summed E-state index contributed by atoms with van der Waals surface area (Å²) in [6.07, 6.45) is 11.8. The number of fused-ring (bicyclic) bond motifs is 1. The van der Waals surface area contributed by atoms with Crippen LogP contribution in [-0.4, -0.2) is 12.6 Å². The molecule has 0 amide bonds. The Hall–Kier alpha value is -0.0400. The van der Waals surface area contributed by atoms with E-state index in [0.717, 1.165) is 41.5 Å². The lowest BCUT2D eigenvalue weighted by molar-refractivity contribution is 0.160. The predicted octanol–water partition coefficient (Wildman–Crippen LogP) is 4.86. The smallest absolute Gasteiger partial charge is 0.0129 e. The van der Waals surface area contributed by atoms with E-state index >= 15 is 0 Å². The van der Waals surface area contributed by atoms with Crippen LogP contribution in [0.25, 0.3) is 0 Å². The van der Waals surface area contributed by atoms with E-state index in [1.165, 1.54) is 57.9 Å². The maximum atomic E-state index is 4.00. The molecule has 0 radical (unpaired) electrons. The van der Waals surface area contributed by atoms with Crippen LogP contribution in [0.3, 0.4) is 0 Å². The maximum Gasteiger partial charge on any atom is 0.0129 e. The van der Waals surface area contributed by atoms with Crippen molar-refractivity contribution < 1.29 is 0 Å². The highest BCUT2D eigenvalue weighted by Gasteiger charge is 2.55. The standard InChI is InChI=1S/C19H35N/c1-4-9-20-19(15-11-13(2)10-14(3)12-15)18-16-7-5-6-8-17(16)18/h13-20H,4-12H2,1-3H3. The van der Waals surface area contributed by atoms with Crippen molar-refractivity contribution in [2.75, 3.05) is 6.54 Å². The first-order chi connectivity index (χ1) is 9.70. The van der Waals surface area contributed by atoms with E-state index in [-0.39, 0.29) is 0 Å². The van der Waals surface area contributed by atoms with Crippen molar-refractivity contribution in [1.29, 1.82) is 0 Å². The van der Waals surface area contributed by atoms with Gasteiger partial charge >= 0.3 is 0 Å². The van der Waals surface area contributed by atoms with Crippen LogP contribution in [0, 0.1) is 35.5 Å². The molecule has 3 aliphatic rings. The summed E-state index contributed by atoms with van der Waals surface area (Å²) >= 11 is 0. The predicted molar refractivity (Wildman–Crippen MR) is 86.7 cm³/mol. The lowest BCUT2D eigenvalue weighted by Crippen LogP contribution is -2.42. The third-order valence-electron chi connectivity index (χ3n) is 6.49. The van der Waals surface area contributed by atoms with Gasteiger partial charge in [0, 0.05) is 6.04 Å². The Labute approximate surface area is 126 Å². The Balaban J connectivity index is 1.66. The highest BCUT2D eigenvalue weighted by Crippen LogP contribution is 2.59. The third-order valence-corrected chi connectivity index (χ3v) is 6.49. The highest BCUT2D eigenvalue weighted by molar-refractivity contribution is 5.06. The molecule has 116 valence electrons. The van der Waals surface area contributed by atoms with Gasteiger partial charge in [0.1, 0.15) is 0 Å². The Bertz CT molecular complexity index is 291. The molecule has 0 heterocycles. The van der Waals surface area contributed by atoms with Gasteiger partial charge in [-0.2, -0.15) is 0 Å². The summed E-state index contributed by atoms with van der Waals surface area (Å²) in [7, 11) is 0. The normalized spacial score (nSPS) is 45.8. The highest BCUT2D eigenvalue weighted by atomic mass is 14.9. The van der Waals surface area contributed by atoms with Crippen LogP contribution in [0.4, 0.5) is 0 Å². The summed E-state index contributed by atoms with van der Waals surface area (Å²) in [6.45, 7) is 8.52. The lowest BCUT2D eigenvalue weighted by Gasteiger charge is -2.37. The Morgan fingerprint density at radius 2 is 1.55 bits per heavy atom. The molecule has 1 heteroatoms. The SMILES string of the molecule is CCCNC(C1CC(C)CC(C)C1)C1C2CCCCC21. The summed E-state index contributed by atoms with van der Waals surface area (Å²) in [5, 5.41) is 4.00. The zero-order valence-electron chi connectivity index (χ0n) is 13.9. The molecule has 5 unspecified atom stereocenters. The number of hydrogen-bond donors (Lipinski definition) is 1. The third kappa shape index (κ3) is 3.08. The van der Waals surface area contributed by atoms with Crippen LogP contribution in [0.2, 0.25) is 0 Å². The first-order valence-electron chi connectivity index (χ1n) is 9.44. The van der Waals surface area contributed by atoms with Gasteiger partial charge in [-0.05, 0) is 80.6 Å². The summed E-state index contributed by atoms with van der Waals surface area (Å²) in [5.41, 5.74) is 0. The van der Waals surface area contributed by atoms with Gasteiger partial charge in [-0.1, -0.05) is 33.6 Å². The topological polar surface area (TPSA) is 12.0 Å². The average Bonchev–Trinajstić information content (AvgIpc) is 3.13. The summed E-state index contributed by atoms with van der Waals surface area (Å²) < 4.78 is 0. The lowest BCUT2D eigenvalue weighted by atomic mass is 9.72. The van der Waals surface area contributed by atoms with Crippen LogP contribution in [0.1, 0.15) is 72.1 Å². The Morgan fingerprint density at radius 1 is 0.950 bits per heavy atom. The fourth-order valence-electron chi connectivity index (χ4n) is 5.81. The van der Waals surface area contributed by atoms with Crippen LogP contribution >= 0.6 is 0 Å². The quantitative estimate of drug-likeness (QED) is 0.756. The van der Waals surface area contributed by atoms with Crippen LogP contribution in [-0.2, 0) is 0 Å². The molecule has 3 fully saturated rings. The van der Waals surface area contributed by atoms with Gasteiger partial charge in [0.05, 0.1) is 0 Å². The molecule has 1 N–H and O–H groups in total. The molecule has 3 saturated carbocycles. The van der Waals surface area contributed by atoms with E-state index in [1.54, 1.807) is 0 Å². The van der Waals surface area contributed by atoms with Crippen molar-refractivity contribution in [2.45, 2.75) is 78.2 Å². The van der Waals surface area contributed by atoms with Crippen molar-refractivity contribution in [3.8, 4) is 0 Å². The maximum absolute atomic E-state index is 4.00. The van der Waals surface area contributed by atoms with E-state index in [1.807, 2.05) is 0 Å². The molecule has 0 aromatic heterocycles. The minimum atomic E-state index is 0.855. The molecule has 0 aromatic carbocycles. The number of hydrogen-bond acceptors (Lipinski definition) is 1. The molecule has 0 spiro atoms. The minimum Gasteiger partial charge on any atom is -0.313 e. The average molecular weight is 277 g/mol. The molecule has 0 bridgehead atoms. The number of nitrogens with one attached hydrogen (secondary N) is 1. The van der Waals surface area contributed by atoms with Crippen molar-refractivity contribution in [3.63, 3.8) is 0 Å². The summed E-state index contributed by atoms with van der Waals surface area (Å²) in [4.78, 5) is 0. The van der Waals surface area contributed by atoms with Crippen LogP contribution < -0.4 is 5.32 Å². The largest absolute Gasteiger partial charge is 0.313 e.